The molecule has 9 aromatic carbocycles. The molecule has 0 spiro atoms. The molecule has 6 nitrogen and oxygen atoms in total. The van der Waals surface area contributed by atoms with Crippen LogP contribution >= 0.6 is 0 Å². The monoisotopic (exact) mass is 869 g/mol. The molecular formula is C62H39N5O. The summed E-state index contributed by atoms with van der Waals surface area (Å²) in [6, 6.07) is 80.9. The van der Waals surface area contributed by atoms with Gasteiger partial charge in [0.1, 0.15) is 11.1 Å². The van der Waals surface area contributed by atoms with Gasteiger partial charge >= 0.3 is 0 Å². The van der Waals surface area contributed by atoms with Crippen LogP contribution in [0.3, 0.4) is 0 Å². The van der Waals surface area contributed by atoms with Gasteiger partial charge in [-0.05, 0) is 88.0 Å². The second kappa shape index (κ2) is 16.3. The Balaban J connectivity index is 1.10. The van der Waals surface area contributed by atoms with Gasteiger partial charge in [-0.25, -0.2) is 15.0 Å². The van der Waals surface area contributed by atoms with Crippen LogP contribution in [0.2, 0.25) is 0 Å². The number of hydrogen-bond donors (Lipinski definition) is 0. The number of benzene rings is 9. The summed E-state index contributed by atoms with van der Waals surface area (Å²) in [5.41, 5.74) is 16.9. The molecule has 4 heterocycles. The number of para-hydroxylation sites is 1. The molecule has 0 saturated heterocycles. The van der Waals surface area contributed by atoms with Crippen LogP contribution in [0.1, 0.15) is 0 Å². The van der Waals surface area contributed by atoms with E-state index in [0.29, 0.717) is 23.1 Å². The van der Waals surface area contributed by atoms with E-state index in [4.69, 9.17) is 24.4 Å². The van der Waals surface area contributed by atoms with Crippen molar-refractivity contribution < 1.29 is 4.42 Å². The van der Waals surface area contributed by atoms with Gasteiger partial charge in [0.05, 0.1) is 16.7 Å². The lowest BCUT2D eigenvalue weighted by molar-refractivity contribution is 0.668. The molecule has 318 valence electrons. The minimum atomic E-state index is 0.501. The Kier molecular flexibility index (Phi) is 9.39. The van der Waals surface area contributed by atoms with Gasteiger partial charge in [-0.15, -0.1) is 0 Å². The molecule has 68 heavy (non-hydrogen) atoms. The van der Waals surface area contributed by atoms with Crippen molar-refractivity contribution in [2.24, 2.45) is 0 Å². The van der Waals surface area contributed by atoms with E-state index in [-0.39, 0.29) is 0 Å². The number of rotatable bonds is 8. The Hall–Kier alpha value is -9.26. The fraction of sp³-hybridized carbons (Fsp3) is 0. The van der Waals surface area contributed by atoms with Crippen molar-refractivity contribution in [2.45, 2.75) is 0 Å². The zero-order valence-electron chi connectivity index (χ0n) is 36.7. The number of aromatic nitrogens is 5. The van der Waals surface area contributed by atoms with Gasteiger partial charge in [0.2, 0.25) is 0 Å². The average Bonchev–Trinajstić information content (AvgIpc) is 3.96. The molecule has 0 atom stereocenters. The number of fused-ring (bicyclic) bond motifs is 6. The summed E-state index contributed by atoms with van der Waals surface area (Å²) < 4.78 is 8.77. The first-order valence-electron chi connectivity index (χ1n) is 22.8. The van der Waals surface area contributed by atoms with Crippen molar-refractivity contribution in [3.63, 3.8) is 0 Å². The van der Waals surface area contributed by atoms with E-state index in [2.05, 4.69) is 174 Å². The second-order valence-electron chi connectivity index (χ2n) is 17.0. The van der Waals surface area contributed by atoms with Crippen LogP contribution in [0.5, 0.6) is 0 Å². The maximum absolute atomic E-state index is 6.31. The van der Waals surface area contributed by atoms with E-state index < -0.39 is 0 Å². The van der Waals surface area contributed by atoms with Crippen molar-refractivity contribution in [3.05, 3.63) is 237 Å². The van der Waals surface area contributed by atoms with Crippen molar-refractivity contribution in [1.82, 2.24) is 24.5 Å². The summed E-state index contributed by atoms with van der Waals surface area (Å²) in [7, 11) is 0. The Bertz CT molecular complexity index is 3840. The first kappa shape index (κ1) is 39.1. The summed E-state index contributed by atoms with van der Waals surface area (Å²) in [6.07, 6.45) is 1.83. The van der Waals surface area contributed by atoms with Gasteiger partial charge in [-0.2, -0.15) is 0 Å². The van der Waals surface area contributed by atoms with Crippen LogP contribution in [-0.2, 0) is 0 Å². The van der Waals surface area contributed by atoms with Crippen molar-refractivity contribution in [2.75, 3.05) is 0 Å². The average molecular weight is 870 g/mol. The first-order chi connectivity index (χ1) is 33.7. The molecule has 0 N–H and O–H groups in total. The Labute approximate surface area is 392 Å². The molecule has 0 fully saturated rings. The normalized spacial score (nSPS) is 11.5. The van der Waals surface area contributed by atoms with Crippen LogP contribution in [0.25, 0.3) is 128 Å². The fourth-order valence-corrected chi connectivity index (χ4v) is 9.63. The summed E-state index contributed by atoms with van der Waals surface area (Å²) in [4.78, 5) is 20.5. The smallest absolute Gasteiger partial charge is 0.165 e. The van der Waals surface area contributed by atoms with Gasteiger partial charge < -0.3 is 8.98 Å². The first-order valence-corrected chi connectivity index (χ1v) is 22.8. The van der Waals surface area contributed by atoms with Crippen LogP contribution < -0.4 is 0 Å². The van der Waals surface area contributed by atoms with Crippen molar-refractivity contribution in [3.8, 4) is 84.4 Å². The largest absolute Gasteiger partial charge is 0.454 e. The third-order valence-corrected chi connectivity index (χ3v) is 12.9. The topological polar surface area (TPSA) is 69.6 Å². The minimum absolute atomic E-state index is 0.501. The maximum Gasteiger partial charge on any atom is 0.165 e. The van der Waals surface area contributed by atoms with E-state index >= 15 is 0 Å². The third kappa shape index (κ3) is 6.82. The molecule has 0 aliphatic rings. The van der Waals surface area contributed by atoms with E-state index in [1.165, 1.54) is 33.0 Å². The molecule has 4 aromatic heterocycles. The molecular weight excluding hydrogens is 831 g/mol. The molecule has 0 radical (unpaired) electrons. The molecule has 0 aliphatic carbocycles. The standard InChI is InChI=1S/C62H39N5O/c1-6-18-40(19-7-1)45-30-32-54-52(34-45)53-35-46(41-20-8-2-9-21-41)31-33-55(53)67(54)59-50(42-22-10-3-11-23-42)36-47(37-51(59)43-24-12-4-13-25-43)61-64-60(44-26-14-5-15-27-44)65-62(66-61)48-38-57-58(63-39-48)49-28-16-17-29-56(49)68-57/h1-39H. The predicted molar refractivity (Wildman–Crippen MR) is 277 cm³/mol. The lowest BCUT2D eigenvalue weighted by atomic mass is 9.92. The summed E-state index contributed by atoms with van der Waals surface area (Å²) in [5, 5.41) is 3.31. The Morgan fingerprint density at radius 2 is 0.750 bits per heavy atom. The highest BCUT2D eigenvalue weighted by Gasteiger charge is 2.24. The highest BCUT2D eigenvalue weighted by molar-refractivity contribution is 6.13. The van der Waals surface area contributed by atoms with Gasteiger partial charge in [0.25, 0.3) is 0 Å². The van der Waals surface area contributed by atoms with Crippen LogP contribution in [0.15, 0.2) is 241 Å². The summed E-state index contributed by atoms with van der Waals surface area (Å²) in [6.45, 7) is 0. The van der Waals surface area contributed by atoms with Crippen LogP contribution in [0, 0.1) is 0 Å². The zero-order chi connectivity index (χ0) is 45.0. The summed E-state index contributed by atoms with van der Waals surface area (Å²) in [5.74, 6) is 1.61. The zero-order valence-corrected chi connectivity index (χ0v) is 36.7. The molecule has 0 aliphatic heterocycles. The van der Waals surface area contributed by atoms with E-state index in [1.54, 1.807) is 0 Å². The highest BCUT2D eigenvalue weighted by atomic mass is 16.3. The fourth-order valence-electron chi connectivity index (χ4n) is 9.63. The predicted octanol–water partition coefficient (Wildman–Crippen LogP) is 15.9. The molecule has 0 saturated carbocycles. The highest BCUT2D eigenvalue weighted by Crippen LogP contribution is 2.45. The quantitative estimate of drug-likeness (QED) is 0.152. The maximum atomic E-state index is 6.31. The van der Waals surface area contributed by atoms with E-state index in [0.717, 1.165) is 72.2 Å². The molecule has 0 bridgehead atoms. The number of hydrogen-bond acceptors (Lipinski definition) is 5. The van der Waals surface area contributed by atoms with E-state index in [1.807, 2.05) is 66.9 Å². The number of pyridine rings is 1. The molecule has 0 amide bonds. The van der Waals surface area contributed by atoms with Crippen LogP contribution in [-0.4, -0.2) is 24.5 Å². The molecule has 0 unspecified atom stereocenters. The van der Waals surface area contributed by atoms with Crippen molar-refractivity contribution >= 4 is 43.9 Å². The van der Waals surface area contributed by atoms with Crippen molar-refractivity contribution in [1.29, 1.82) is 0 Å². The minimum Gasteiger partial charge on any atom is -0.454 e. The van der Waals surface area contributed by atoms with Gasteiger partial charge in [-0.1, -0.05) is 176 Å². The van der Waals surface area contributed by atoms with E-state index in [9.17, 15) is 0 Å². The van der Waals surface area contributed by atoms with Crippen LogP contribution in [0.4, 0.5) is 0 Å². The lowest BCUT2D eigenvalue weighted by Crippen LogP contribution is -2.04. The van der Waals surface area contributed by atoms with Gasteiger partial charge in [0, 0.05) is 50.2 Å². The molecule has 13 aromatic rings. The Morgan fingerprint density at radius 3 is 1.28 bits per heavy atom. The summed E-state index contributed by atoms with van der Waals surface area (Å²) >= 11 is 0. The second-order valence-corrected chi connectivity index (χ2v) is 17.0. The molecule has 6 heteroatoms. The molecule has 13 rings (SSSR count). The lowest BCUT2D eigenvalue weighted by Gasteiger charge is -2.21. The van der Waals surface area contributed by atoms with Gasteiger partial charge in [-0.3, -0.25) is 4.98 Å². The number of nitrogens with zero attached hydrogens (tertiary/aromatic N) is 5. The van der Waals surface area contributed by atoms with Gasteiger partial charge in [0.15, 0.2) is 23.1 Å². The third-order valence-electron chi connectivity index (χ3n) is 12.9. The Morgan fingerprint density at radius 1 is 0.309 bits per heavy atom. The SMILES string of the molecule is c1ccc(-c2ccc3c(c2)c2cc(-c4ccccc4)ccc2n3-c2c(-c3ccccc3)cc(-c3nc(-c4ccccc4)nc(-c4cnc5c(c4)oc4ccccc45)n3)cc2-c2ccccc2)cc1. The number of furan rings is 1.